The summed E-state index contributed by atoms with van der Waals surface area (Å²) < 4.78 is 2.26. The molecule has 0 aliphatic carbocycles. The molecule has 0 saturated carbocycles. The van der Waals surface area contributed by atoms with E-state index in [0.29, 0.717) is 0 Å². The van der Waals surface area contributed by atoms with Gasteiger partial charge in [0.2, 0.25) is 0 Å². The topological polar surface area (TPSA) is 91.0 Å². The largest absolute Gasteiger partial charge is 0.507 e. The summed E-state index contributed by atoms with van der Waals surface area (Å²) in [6, 6.07) is 68.3. The molecule has 6 nitrogen and oxygen atoms in total. The van der Waals surface area contributed by atoms with Crippen molar-refractivity contribution in [2.75, 3.05) is 0 Å². The molecule has 2 N–H and O–H groups in total. The second kappa shape index (κ2) is 23.9. The van der Waals surface area contributed by atoms with E-state index < -0.39 is 0 Å². The number of para-hydroxylation sites is 4. The van der Waals surface area contributed by atoms with Crippen LogP contribution in [0.3, 0.4) is 0 Å². The Morgan fingerprint density at radius 2 is 0.812 bits per heavy atom. The third kappa shape index (κ3) is 12.6. The second-order valence-corrected chi connectivity index (χ2v) is 27.8. The zero-order valence-electron chi connectivity index (χ0n) is 50.4. The van der Waals surface area contributed by atoms with Crippen molar-refractivity contribution in [2.45, 2.75) is 105 Å². The predicted octanol–water partition coefficient (Wildman–Crippen LogP) is 21.5. The van der Waals surface area contributed by atoms with Crippen LogP contribution < -0.4 is 0 Å². The molecule has 0 bridgehead atoms. The summed E-state index contributed by atoms with van der Waals surface area (Å²) in [6.45, 7) is 25.9. The molecule has 2 aromatic heterocycles. The minimum Gasteiger partial charge on any atom is -0.507 e. The van der Waals surface area contributed by atoms with Crippen LogP contribution in [0.2, 0.25) is 0 Å². The molecule has 0 atom stereocenters. The van der Waals surface area contributed by atoms with Gasteiger partial charge in [-0.1, -0.05) is 216 Å². The van der Waals surface area contributed by atoms with Crippen molar-refractivity contribution in [3.63, 3.8) is 0 Å². The molecule has 0 radical (unpaired) electrons. The first-order valence-corrected chi connectivity index (χ1v) is 30.3. The number of phenols is 2. The Balaban J connectivity index is 0.000000187. The first-order valence-electron chi connectivity index (χ1n) is 28.7. The third-order valence-corrected chi connectivity index (χ3v) is 17.6. The smallest absolute Gasteiger partial charge is 0.128 e. The third-order valence-electron chi connectivity index (χ3n) is 15.5. The summed E-state index contributed by atoms with van der Waals surface area (Å²) in [5.74, 6) is 0.573. The number of aliphatic imine (C=N–C) groups is 2. The number of hydrogen-bond donors (Lipinski definition) is 2. The molecule has 0 aliphatic heterocycles. The number of phenolic OH excluding ortho intramolecular Hbond substituents is 2. The van der Waals surface area contributed by atoms with Gasteiger partial charge < -0.3 is 10.2 Å². The molecule has 0 saturated heterocycles. The van der Waals surface area contributed by atoms with E-state index in [0.717, 1.165) is 91.9 Å². The Morgan fingerprint density at radius 1 is 0.412 bits per heavy atom. The van der Waals surface area contributed by atoms with E-state index in [1.165, 1.54) is 38.2 Å². The van der Waals surface area contributed by atoms with Gasteiger partial charge >= 0.3 is 0 Å². The van der Waals surface area contributed by atoms with E-state index in [9.17, 15) is 10.2 Å². The van der Waals surface area contributed by atoms with Crippen LogP contribution in [0.25, 0.3) is 85.4 Å². The zero-order valence-corrected chi connectivity index (χ0v) is 54.3. The molecule has 0 amide bonds. The summed E-state index contributed by atoms with van der Waals surface area (Å²) in [4.78, 5) is 20.2. The SMILES string of the molecule is CC(C)(C)c1cc(C=Nc2ccccc2-c2nc3c(-c4[c-]ccc5ccccc45)cccc3s2)c(O)c(C(C)(C)C)c1.CC(C)(C)c1cc(C=Nc2ccccc2-c2nc3c(-c4cccc5ccccc45)cccc3s2)c(O)c(C(C)(C)C)c1.[Pt]. The average Bonchev–Trinajstić information content (AvgIpc) is 3.11. The minimum absolute atomic E-state index is 0. The van der Waals surface area contributed by atoms with Gasteiger partial charge in [0, 0.05) is 82.7 Å². The molecule has 0 spiro atoms. The van der Waals surface area contributed by atoms with Crippen molar-refractivity contribution >= 4 is 88.5 Å². The van der Waals surface area contributed by atoms with Crippen LogP contribution in [-0.2, 0) is 42.7 Å². The number of thiazole rings is 2. The number of aromatic nitrogens is 2. The van der Waals surface area contributed by atoms with Crippen LogP contribution in [0.4, 0.5) is 11.4 Å². The Bertz CT molecular complexity index is 4220. The Hall–Kier alpha value is -7.87. The summed E-state index contributed by atoms with van der Waals surface area (Å²) in [7, 11) is 0. The standard InChI is InChI=1S/C38H36N2OS.C38H35N2OS.Pt/c2*1-37(2,3)26-21-25(35(41)31(22-26)38(4,5)6)23-39-32-19-10-9-16-30(32)36-40-34-29(18-12-20-33(34)42-36)28-17-11-14-24-13-7-8-15-27(24)28;/h7-23,41H,1-6H3;7-16,18-23,41H,1-6H3;/q;-1;. The molecule has 0 aliphatic rings. The maximum atomic E-state index is 11.3. The number of rotatable bonds is 8. The average molecular weight is 1330 g/mol. The van der Waals surface area contributed by atoms with Crippen molar-refractivity contribution in [2.24, 2.45) is 9.98 Å². The van der Waals surface area contributed by atoms with E-state index in [2.05, 4.69) is 235 Å². The van der Waals surface area contributed by atoms with Crippen LogP contribution in [0.1, 0.15) is 116 Å². The van der Waals surface area contributed by atoms with Gasteiger partial charge in [0.1, 0.15) is 21.5 Å². The monoisotopic (exact) mass is 1330 g/mol. The van der Waals surface area contributed by atoms with Gasteiger partial charge in [-0.15, -0.1) is 57.2 Å². The summed E-state index contributed by atoms with van der Waals surface area (Å²) in [6.07, 6.45) is 3.59. The van der Waals surface area contributed by atoms with E-state index in [4.69, 9.17) is 20.0 Å². The van der Waals surface area contributed by atoms with Crippen LogP contribution in [0, 0.1) is 6.07 Å². The van der Waals surface area contributed by atoms with Crippen molar-refractivity contribution in [1.82, 2.24) is 9.97 Å². The summed E-state index contributed by atoms with van der Waals surface area (Å²) in [5, 5.41) is 29.2. The van der Waals surface area contributed by atoms with Crippen molar-refractivity contribution in [3.05, 3.63) is 228 Å². The quantitative estimate of drug-likeness (QED) is 0.117. The molecule has 430 valence electrons. The number of fused-ring (bicyclic) bond motifs is 4. The van der Waals surface area contributed by atoms with Crippen LogP contribution >= 0.6 is 22.7 Å². The normalized spacial score (nSPS) is 12.4. The molecule has 9 heteroatoms. The van der Waals surface area contributed by atoms with Gasteiger partial charge in [-0.2, -0.15) is 0 Å². The van der Waals surface area contributed by atoms with E-state index in [1.807, 2.05) is 42.5 Å². The maximum Gasteiger partial charge on any atom is 0.128 e. The Kier molecular flexibility index (Phi) is 16.9. The molecule has 10 aromatic carbocycles. The predicted molar refractivity (Wildman–Crippen MR) is 360 cm³/mol. The number of hydrogen-bond acceptors (Lipinski definition) is 8. The van der Waals surface area contributed by atoms with Gasteiger partial charge in [-0.25, -0.2) is 9.97 Å². The molecule has 0 fully saturated rings. The van der Waals surface area contributed by atoms with Crippen molar-refractivity contribution in [1.29, 1.82) is 0 Å². The van der Waals surface area contributed by atoms with Gasteiger partial charge in [0.25, 0.3) is 0 Å². The molecule has 12 aromatic rings. The molecular weight excluding hydrogens is 1260 g/mol. The fraction of sp³-hybridized carbons (Fsp3) is 0.211. The fourth-order valence-electron chi connectivity index (χ4n) is 10.7. The first-order chi connectivity index (χ1) is 40.0. The maximum absolute atomic E-state index is 11.3. The summed E-state index contributed by atoms with van der Waals surface area (Å²) in [5.41, 5.74) is 15.1. The first kappa shape index (κ1) is 60.3. The van der Waals surface area contributed by atoms with Crippen LogP contribution in [-0.4, -0.2) is 32.6 Å². The Labute approximate surface area is 523 Å². The van der Waals surface area contributed by atoms with Gasteiger partial charge in [-0.3, -0.25) is 9.98 Å². The van der Waals surface area contributed by atoms with Crippen molar-refractivity contribution < 1.29 is 31.3 Å². The molecule has 2 heterocycles. The minimum atomic E-state index is -0.202. The van der Waals surface area contributed by atoms with E-state index in [1.54, 1.807) is 35.1 Å². The molecule has 0 unspecified atom stereocenters. The number of aromatic hydroxyl groups is 2. The second-order valence-electron chi connectivity index (χ2n) is 25.8. The zero-order chi connectivity index (χ0) is 59.3. The Morgan fingerprint density at radius 3 is 1.32 bits per heavy atom. The fourth-order valence-corrected chi connectivity index (χ4v) is 12.8. The van der Waals surface area contributed by atoms with Crippen LogP contribution in [0.5, 0.6) is 11.5 Å². The summed E-state index contributed by atoms with van der Waals surface area (Å²) >= 11 is 3.35. The molecule has 12 rings (SSSR count). The number of benzene rings is 10. The van der Waals surface area contributed by atoms with Gasteiger partial charge in [0.15, 0.2) is 0 Å². The van der Waals surface area contributed by atoms with Gasteiger partial charge in [0.05, 0.1) is 21.6 Å². The van der Waals surface area contributed by atoms with Crippen LogP contribution in [0.15, 0.2) is 198 Å². The molecule has 85 heavy (non-hydrogen) atoms. The van der Waals surface area contributed by atoms with E-state index in [-0.39, 0.29) is 54.2 Å². The van der Waals surface area contributed by atoms with Gasteiger partial charge in [-0.05, 0) is 97.7 Å². The van der Waals surface area contributed by atoms with Crippen molar-refractivity contribution in [3.8, 4) is 54.9 Å². The molecular formula is C76H71N4O2PtS2-. The van der Waals surface area contributed by atoms with E-state index >= 15 is 0 Å². The number of nitrogens with zero attached hydrogens (tertiary/aromatic N) is 4.